The van der Waals surface area contributed by atoms with E-state index in [0.717, 1.165) is 5.56 Å². The first-order chi connectivity index (χ1) is 7.70. The summed E-state index contributed by atoms with van der Waals surface area (Å²) in [6, 6.07) is 8.80. The van der Waals surface area contributed by atoms with Crippen LogP contribution in [0.2, 0.25) is 0 Å². The highest BCUT2D eigenvalue weighted by atomic mass is 32.2. The maximum Gasteiger partial charge on any atom is 0.321 e. The van der Waals surface area contributed by atoms with Crippen molar-refractivity contribution in [1.29, 1.82) is 5.26 Å². The first-order valence-electron chi connectivity index (χ1n) is 4.81. The van der Waals surface area contributed by atoms with Gasteiger partial charge in [0.15, 0.2) is 0 Å². The highest BCUT2D eigenvalue weighted by Gasteiger charge is 2.30. The molecule has 1 aromatic carbocycles. The lowest BCUT2D eigenvalue weighted by atomic mass is 10.1. The molecule has 2 N–H and O–H groups in total. The molecule has 0 aliphatic carbocycles. The summed E-state index contributed by atoms with van der Waals surface area (Å²) in [6.45, 7) is 0. The molecule has 1 aliphatic rings. The second-order valence-corrected chi connectivity index (χ2v) is 4.65. The van der Waals surface area contributed by atoms with Crippen LogP contribution >= 0.6 is 11.8 Å². The first-order valence-corrected chi connectivity index (χ1v) is 5.86. The van der Waals surface area contributed by atoms with Gasteiger partial charge in [-0.05, 0) is 17.7 Å². The summed E-state index contributed by atoms with van der Waals surface area (Å²) in [5.74, 6) is -0.275. The van der Waals surface area contributed by atoms with Gasteiger partial charge in [0.2, 0.25) is 0 Å². The molecule has 0 radical (unpaired) electrons. The highest BCUT2D eigenvalue weighted by Crippen LogP contribution is 2.32. The second-order valence-electron chi connectivity index (χ2n) is 3.51. The minimum Gasteiger partial charge on any atom is -0.480 e. The lowest BCUT2D eigenvalue weighted by Gasteiger charge is -2.11. The van der Waals surface area contributed by atoms with Crippen LogP contribution < -0.4 is 5.32 Å². The predicted octanol–water partition coefficient (Wildman–Crippen LogP) is 1.35. The number of rotatable bonds is 2. The van der Waals surface area contributed by atoms with Crippen molar-refractivity contribution in [2.24, 2.45) is 0 Å². The number of hydrogen-bond donors (Lipinski definition) is 2. The summed E-state index contributed by atoms with van der Waals surface area (Å²) in [5.41, 5.74) is 1.55. The van der Waals surface area contributed by atoms with Crippen molar-refractivity contribution < 1.29 is 9.90 Å². The van der Waals surface area contributed by atoms with Crippen molar-refractivity contribution in [3.05, 3.63) is 35.4 Å². The van der Waals surface area contributed by atoms with Crippen LogP contribution in [0, 0.1) is 11.3 Å². The molecule has 4 nitrogen and oxygen atoms in total. The molecule has 5 heteroatoms. The Balaban J connectivity index is 2.14. The molecule has 0 amide bonds. The van der Waals surface area contributed by atoms with Crippen LogP contribution in [0.1, 0.15) is 16.5 Å². The number of thioether (sulfide) groups is 1. The zero-order valence-corrected chi connectivity index (χ0v) is 9.20. The lowest BCUT2D eigenvalue weighted by Crippen LogP contribution is -2.33. The number of carboxylic acid groups (broad SMARTS) is 1. The van der Waals surface area contributed by atoms with Crippen molar-refractivity contribution in [2.75, 3.05) is 5.75 Å². The molecule has 1 saturated heterocycles. The van der Waals surface area contributed by atoms with Gasteiger partial charge in [-0.3, -0.25) is 10.1 Å². The van der Waals surface area contributed by atoms with Gasteiger partial charge in [0.1, 0.15) is 6.04 Å². The van der Waals surface area contributed by atoms with Crippen LogP contribution in [-0.4, -0.2) is 22.9 Å². The minimum absolute atomic E-state index is 0.0330. The maximum absolute atomic E-state index is 10.8. The van der Waals surface area contributed by atoms with Crippen LogP contribution in [0.25, 0.3) is 0 Å². The first kappa shape index (κ1) is 11.0. The van der Waals surface area contributed by atoms with Crippen molar-refractivity contribution >= 4 is 17.7 Å². The van der Waals surface area contributed by atoms with Gasteiger partial charge < -0.3 is 5.11 Å². The predicted molar refractivity (Wildman–Crippen MR) is 60.9 cm³/mol. The van der Waals surface area contributed by atoms with Crippen LogP contribution in [0.15, 0.2) is 24.3 Å². The normalized spacial score (nSPS) is 23.9. The van der Waals surface area contributed by atoms with Crippen molar-refractivity contribution in [3.63, 3.8) is 0 Å². The number of benzene rings is 1. The molecule has 2 atom stereocenters. The largest absolute Gasteiger partial charge is 0.480 e. The van der Waals surface area contributed by atoms with Crippen molar-refractivity contribution in [3.8, 4) is 6.07 Å². The number of nitriles is 1. The average Bonchev–Trinajstić information content (AvgIpc) is 2.78. The quantitative estimate of drug-likeness (QED) is 0.808. The topological polar surface area (TPSA) is 73.1 Å². The summed E-state index contributed by atoms with van der Waals surface area (Å²) in [5, 5.41) is 20.6. The number of hydrogen-bond acceptors (Lipinski definition) is 4. The Labute approximate surface area is 97.3 Å². The molecule has 1 fully saturated rings. The standard InChI is InChI=1S/C11H10N2O2S/c12-5-7-2-1-3-8(4-7)10-13-9(6-16-10)11(14)15/h1-4,9-10,13H,6H2,(H,14,15). The van der Waals surface area contributed by atoms with Crippen molar-refractivity contribution in [1.82, 2.24) is 5.32 Å². The zero-order chi connectivity index (χ0) is 11.5. The minimum atomic E-state index is -0.827. The van der Waals surface area contributed by atoms with E-state index in [-0.39, 0.29) is 5.37 Å². The SMILES string of the molecule is N#Cc1cccc(C2NC(C(=O)O)CS2)c1. The summed E-state index contributed by atoms with van der Waals surface area (Å²) in [7, 11) is 0. The van der Waals surface area contributed by atoms with Gasteiger partial charge in [0, 0.05) is 5.75 Å². The Bertz CT molecular complexity index is 456. The number of carbonyl (C=O) groups is 1. The molecular weight excluding hydrogens is 224 g/mol. The van der Waals surface area contributed by atoms with Gasteiger partial charge in [-0.15, -0.1) is 11.8 Å². The Kier molecular flexibility index (Phi) is 3.13. The number of nitrogens with zero attached hydrogens (tertiary/aromatic N) is 1. The smallest absolute Gasteiger partial charge is 0.321 e. The highest BCUT2D eigenvalue weighted by molar-refractivity contribution is 7.99. The van der Waals surface area contributed by atoms with Gasteiger partial charge in [-0.1, -0.05) is 12.1 Å². The summed E-state index contributed by atoms with van der Waals surface area (Å²) in [4.78, 5) is 10.8. The van der Waals surface area contributed by atoms with E-state index in [1.54, 1.807) is 23.9 Å². The van der Waals surface area contributed by atoms with E-state index in [9.17, 15) is 4.79 Å². The Hall–Kier alpha value is -1.51. The Morgan fingerprint density at radius 1 is 1.62 bits per heavy atom. The molecule has 1 aliphatic heterocycles. The maximum atomic E-state index is 10.8. The van der Waals surface area contributed by atoms with Crippen LogP contribution in [0.4, 0.5) is 0 Å². The molecular formula is C11H10N2O2S. The van der Waals surface area contributed by atoms with E-state index in [2.05, 4.69) is 11.4 Å². The van der Waals surface area contributed by atoms with Gasteiger partial charge >= 0.3 is 5.97 Å². The Morgan fingerprint density at radius 2 is 2.44 bits per heavy atom. The van der Waals surface area contributed by atoms with E-state index in [4.69, 9.17) is 10.4 Å². The van der Waals surface area contributed by atoms with E-state index in [1.165, 1.54) is 0 Å². The molecule has 0 saturated carbocycles. The zero-order valence-electron chi connectivity index (χ0n) is 8.38. The number of nitrogens with one attached hydrogen (secondary N) is 1. The monoisotopic (exact) mass is 234 g/mol. The summed E-state index contributed by atoms with van der Waals surface area (Å²) < 4.78 is 0. The fourth-order valence-corrected chi connectivity index (χ4v) is 2.80. The number of carboxylic acids is 1. The van der Waals surface area contributed by atoms with Gasteiger partial charge in [-0.25, -0.2) is 0 Å². The second kappa shape index (κ2) is 4.56. The van der Waals surface area contributed by atoms with Gasteiger partial charge in [0.05, 0.1) is 17.0 Å². The van der Waals surface area contributed by atoms with Gasteiger partial charge in [-0.2, -0.15) is 5.26 Å². The third-order valence-electron chi connectivity index (χ3n) is 2.40. The van der Waals surface area contributed by atoms with E-state index in [1.807, 2.05) is 12.1 Å². The third kappa shape index (κ3) is 2.18. The van der Waals surface area contributed by atoms with Crippen LogP contribution in [0.3, 0.4) is 0 Å². The molecule has 1 aromatic rings. The van der Waals surface area contributed by atoms with E-state index >= 15 is 0 Å². The molecule has 82 valence electrons. The van der Waals surface area contributed by atoms with Gasteiger partial charge in [0.25, 0.3) is 0 Å². The van der Waals surface area contributed by atoms with Crippen LogP contribution in [0.5, 0.6) is 0 Å². The molecule has 1 heterocycles. The third-order valence-corrected chi connectivity index (χ3v) is 3.67. The molecule has 0 aromatic heterocycles. The molecule has 2 unspecified atom stereocenters. The fraction of sp³-hybridized carbons (Fsp3) is 0.273. The van der Waals surface area contributed by atoms with Crippen molar-refractivity contribution in [2.45, 2.75) is 11.4 Å². The summed E-state index contributed by atoms with van der Waals surface area (Å²) in [6.07, 6.45) is 0. The molecule has 16 heavy (non-hydrogen) atoms. The lowest BCUT2D eigenvalue weighted by molar-refractivity contribution is -0.138. The Morgan fingerprint density at radius 3 is 3.06 bits per heavy atom. The fourth-order valence-electron chi connectivity index (χ4n) is 1.58. The molecule has 2 rings (SSSR count). The summed E-state index contributed by atoms with van der Waals surface area (Å²) >= 11 is 1.55. The van der Waals surface area contributed by atoms with E-state index in [0.29, 0.717) is 11.3 Å². The van der Waals surface area contributed by atoms with Crippen LogP contribution in [-0.2, 0) is 4.79 Å². The molecule has 0 spiro atoms. The molecule has 0 bridgehead atoms. The average molecular weight is 234 g/mol. The number of aliphatic carboxylic acids is 1. The van der Waals surface area contributed by atoms with E-state index < -0.39 is 12.0 Å².